The second kappa shape index (κ2) is 16.3. The number of hydrogen-bond acceptors (Lipinski definition) is 1. The smallest absolute Gasteiger partial charge is 0.0462 e. The van der Waals surface area contributed by atoms with E-state index in [4.69, 9.17) is 0 Å². The van der Waals surface area contributed by atoms with E-state index in [9.17, 15) is 0 Å². The summed E-state index contributed by atoms with van der Waals surface area (Å²) in [6.07, 6.45) is 22.2. The van der Waals surface area contributed by atoms with Crippen LogP contribution in [0.3, 0.4) is 0 Å². The third-order valence-electron chi connectivity index (χ3n) is 8.81. The zero-order chi connectivity index (χ0) is 35.8. The maximum Gasteiger partial charge on any atom is 0.0462 e. The predicted molar refractivity (Wildman–Crippen MR) is 235 cm³/mol. The van der Waals surface area contributed by atoms with Crippen molar-refractivity contribution in [2.24, 2.45) is 0 Å². The molecule has 0 heterocycles. The van der Waals surface area contributed by atoms with Gasteiger partial charge < -0.3 is 4.90 Å². The lowest BCUT2D eigenvalue weighted by Gasteiger charge is -2.26. The number of anilines is 3. The molecule has 0 aliphatic carbocycles. The summed E-state index contributed by atoms with van der Waals surface area (Å²) in [5, 5.41) is 0. The summed E-state index contributed by atoms with van der Waals surface area (Å²) in [6.45, 7) is 2.12. The molecule has 6 aromatic carbocycles. The van der Waals surface area contributed by atoms with Crippen molar-refractivity contribution in [1.29, 1.82) is 0 Å². The molecule has 0 amide bonds. The van der Waals surface area contributed by atoms with Gasteiger partial charge in [0, 0.05) is 22.0 Å². The lowest BCUT2D eigenvalue weighted by molar-refractivity contribution is 1.28. The number of nitrogens with zero attached hydrogens (tertiary/aromatic N) is 1. The van der Waals surface area contributed by atoms with Crippen LogP contribution >= 0.6 is 20.5 Å². The van der Waals surface area contributed by atoms with Crippen molar-refractivity contribution in [2.45, 2.75) is 16.7 Å². The van der Waals surface area contributed by atoms with Crippen molar-refractivity contribution in [1.82, 2.24) is 0 Å². The normalized spacial score (nSPS) is 12.9. The molecule has 0 aliphatic heterocycles. The molecule has 0 N–H and O–H groups in total. The van der Waals surface area contributed by atoms with E-state index in [1.165, 1.54) is 37.6 Å². The maximum atomic E-state index is 4.16. The van der Waals surface area contributed by atoms with Gasteiger partial charge in [0.15, 0.2) is 0 Å². The molecule has 1 nitrogen and oxygen atoms in total. The highest BCUT2D eigenvalue weighted by Gasteiger charge is 2.13. The van der Waals surface area contributed by atoms with E-state index in [1.807, 2.05) is 0 Å². The molecule has 0 aromatic heterocycles. The topological polar surface area (TPSA) is 3.24 Å². The third-order valence-corrected chi connectivity index (χ3v) is 11.6. The molecule has 6 aromatic rings. The lowest BCUT2D eigenvalue weighted by Crippen LogP contribution is -2.09. The third kappa shape index (κ3) is 9.79. The van der Waals surface area contributed by atoms with Crippen LogP contribution in [0.1, 0.15) is 38.9 Å². The molecule has 0 fully saturated rings. The van der Waals surface area contributed by atoms with E-state index in [0.717, 1.165) is 28.2 Å². The minimum Gasteiger partial charge on any atom is -0.311 e. The van der Waals surface area contributed by atoms with Crippen LogP contribution in [0, 0.1) is 6.92 Å². The van der Waals surface area contributed by atoms with Gasteiger partial charge in [-0.05, 0) is 131 Å². The fraction of sp³-hybridized carbons (Fsp3) is 0.104. The molecule has 1 unspecified atom stereocenters. The van der Waals surface area contributed by atoms with Crippen LogP contribution in [-0.2, 0) is 0 Å². The second-order valence-corrected chi connectivity index (χ2v) is 19.5. The Morgan fingerprint density at radius 3 is 1.00 bits per heavy atom. The van der Waals surface area contributed by atoms with Crippen molar-refractivity contribution in [3.63, 3.8) is 0 Å². The highest BCUT2D eigenvalue weighted by Crippen LogP contribution is 2.45. The Kier molecular flexibility index (Phi) is 11.4. The summed E-state index contributed by atoms with van der Waals surface area (Å²) in [5.74, 6) is 4.16. The number of rotatable bonds is 11. The van der Waals surface area contributed by atoms with Crippen LogP contribution < -0.4 is 4.90 Å². The first-order valence-corrected chi connectivity index (χ1v) is 21.8. The molecule has 0 saturated heterocycles. The summed E-state index contributed by atoms with van der Waals surface area (Å²) in [6, 6.07) is 52.7. The number of aryl methyl sites for hydroxylation is 1. The molecule has 51 heavy (non-hydrogen) atoms. The molecule has 0 saturated carbocycles. The van der Waals surface area contributed by atoms with Gasteiger partial charge in [0.25, 0.3) is 0 Å². The average molecular weight is 702 g/mol. The van der Waals surface area contributed by atoms with Crippen LogP contribution in [0.5, 0.6) is 0 Å². The minimum atomic E-state index is -0.722. The van der Waals surface area contributed by atoms with Gasteiger partial charge in [-0.2, -0.15) is 10.5 Å². The van der Waals surface area contributed by atoms with E-state index in [2.05, 4.69) is 225 Å². The van der Waals surface area contributed by atoms with Gasteiger partial charge >= 0.3 is 0 Å². The van der Waals surface area contributed by atoms with E-state index in [0.29, 0.717) is 0 Å². The van der Waals surface area contributed by atoms with Crippen LogP contribution in [0.2, 0.25) is 0 Å². The summed E-state index contributed by atoms with van der Waals surface area (Å²) in [7, 11) is -0.698. The van der Waals surface area contributed by atoms with E-state index in [-0.39, 0.29) is 10.5 Å². The average Bonchev–Trinajstić information content (AvgIpc) is 3.14. The van der Waals surface area contributed by atoms with Crippen molar-refractivity contribution in [3.05, 3.63) is 185 Å². The molecular weight excluding hydrogens is 655 g/mol. The van der Waals surface area contributed by atoms with Crippen LogP contribution in [0.4, 0.5) is 17.1 Å². The molecular formula is C48H47NS2. The standard InChI is InChI=1S/C48H47NS2/c1-37-7-9-38(10-8-37)11-12-39-17-27-44(28-18-39)49(45-29-19-40(20-30-45)13-15-42-23-33-47(34-24-42)50(2)3)46-31-21-41(22-32-46)14-16-43-25-35-48(36-26-43)51(4,5)6/h7-36H,2H2,1,3-6H3/b12-11+,15-13+,16-14+. The van der Waals surface area contributed by atoms with Gasteiger partial charge in [0.2, 0.25) is 0 Å². The summed E-state index contributed by atoms with van der Waals surface area (Å²) >= 11 is 0. The molecule has 256 valence electrons. The molecule has 3 heteroatoms. The Balaban J connectivity index is 1.25. The van der Waals surface area contributed by atoms with Crippen LogP contribution in [0.15, 0.2) is 155 Å². The molecule has 1 atom stereocenters. The number of hydrogen-bond donors (Lipinski definition) is 0. The zero-order valence-electron chi connectivity index (χ0n) is 30.3. The van der Waals surface area contributed by atoms with Gasteiger partial charge in [-0.25, -0.2) is 10.0 Å². The summed E-state index contributed by atoms with van der Waals surface area (Å²) < 4.78 is 0. The zero-order valence-corrected chi connectivity index (χ0v) is 31.9. The molecule has 6 rings (SSSR count). The monoisotopic (exact) mass is 701 g/mol. The fourth-order valence-corrected chi connectivity index (χ4v) is 7.26. The minimum absolute atomic E-state index is 0.0234. The Labute approximate surface area is 309 Å². The Hall–Kier alpha value is -5.09. The first-order valence-electron chi connectivity index (χ1n) is 17.2. The Morgan fingerprint density at radius 2 is 0.706 bits per heavy atom. The van der Waals surface area contributed by atoms with Gasteiger partial charge in [-0.1, -0.05) is 133 Å². The van der Waals surface area contributed by atoms with Crippen LogP contribution in [0.25, 0.3) is 36.5 Å². The van der Waals surface area contributed by atoms with Crippen molar-refractivity contribution in [3.8, 4) is 0 Å². The van der Waals surface area contributed by atoms with Gasteiger partial charge in [0.1, 0.15) is 0 Å². The maximum absolute atomic E-state index is 4.16. The first kappa shape index (κ1) is 35.7. The Morgan fingerprint density at radius 1 is 0.431 bits per heavy atom. The summed E-state index contributed by atoms with van der Waals surface area (Å²) in [5.41, 5.74) is 11.7. The van der Waals surface area contributed by atoms with Crippen molar-refractivity contribution in [2.75, 3.05) is 29.9 Å². The van der Waals surface area contributed by atoms with Crippen molar-refractivity contribution >= 4 is 79.9 Å². The molecule has 0 spiro atoms. The molecule has 0 radical (unpaired) electrons. The number of benzene rings is 6. The SMILES string of the molecule is C=S(C)c1ccc(/C=C/c2ccc(N(c3ccc(/C=C/c4ccc(C)cc4)cc3)c3ccc(/C=C/c4ccc(S(C)(C)C)cc4)cc3)cc2)cc1. The summed E-state index contributed by atoms with van der Waals surface area (Å²) in [4.78, 5) is 5.03. The Bertz CT molecular complexity index is 2150. The van der Waals surface area contributed by atoms with E-state index >= 15 is 0 Å². The van der Waals surface area contributed by atoms with E-state index < -0.39 is 10.0 Å². The first-order chi connectivity index (χ1) is 24.6. The van der Waals surface area contributed by atoms with Gasteiger partial charge in [-0.15, -0.1) is 0 Å². The largest absolute Gasteiger partial charge is 0.311 e. The fourth-order valence-electron chi connectivity index (χ4n) is 5.70. The van der Waals surface area contributed by atoms with Crippen molar-refractivity contribution < 1.29 is 0 Å². The second-order valence-electron chi connectivity index (χ2n) is 13.6. The highest BCUT2D eigenvalue weighted by molar-refractivity contribution is 8.32. The molecule has 0 bridgehead atoms. The molecule has 0 aliphatic rings. The van der Waals surface area contributed by atoms with Crippen LogP contribution in [-0.4, -0.2) is 30.9 Å². The van der Waals surface area contributed by atoms with E-state index in [1.54, 1.807) is 0 Å². The highest BCUT2D eigenvalue weighted by atomic mass is 32.3. The predicted octanol–water partition coefficient (Wildman–Crippen LogP) is 13.7. The lowest BCUT2D eigenvalue weighted by atomic mass is 10.1. The van der Waals surface area contributed by atoms with Gasteiger partial charge in [0.05, 0.1) is 0 Å². The van der Waals surface area contributed by atoms with Gasteiger partial charge in [-0.3, -0.25) is 0 Å². The quantitative estimate of drug-likeness (QED) is 0.0960.